The van der Waals surface area contributed by atoms with Crippen LogP contribution in [-0.4, -0.2) is 18.5 Å². The molecule has 18 heavy (non-hydrogen) atoms. The first-order valence-corrected chi connectivity index (χ1v) is 6.88. The third kappa shape index (κ3) is 5.99. The molecule has 0 aromatic carbocycles. The van der Waals surface area contributed by atoms with Crippen molar-refractivity contribution in [3.63, 3.8) is 0 Å². The van der Waals surface area contributed by atoms with Crippen molar-refractivity contribution in [2.45, 2.75) is 68.2 Å². The Balaban J connectivity index is -0.000000409. The number of carbonyl (C=O) groups excluding carboxylic acids is 1. The first-order valence-electron chi connectivity index (χ1n) is 6.88. The second-order valence-electron chi connectivity index (χ2n) is 5.29. The molecule has 1 fully saturated rings. The van der Waals surface area contributed by atoms with Crippen LogP contribution in [0.2, 0.25) is 0 Å². The summed E-state index contributed by atoms with van der Waals surface area (Å²) >= 11 is 0. The predicted molar refractivity (Wildman–Crippen MR) is 81.7 cm³/mol. The van der Waals surface area contributed by atoms with E-state index in [-0.39, 0.29) is 7.43 Å². The summed E-state index contributed by atoms with van der Waals surface area (Å²) in [5.41, 5.74) is 0.346. The van der Waals surface area contributed by atoms with E-state index in [0.717, 1.165) is 31.7 Å². The average molecular weight is 260 g/mol. The van der Waals surface area contributed by atoms with Crippen LogP contribution in [0.5, 0.6) is 0 Å². The number of hydrogen-bond donors (Lipinski definition) is 1. The zero-order valence-electron chi connectivity index (χ0n) is 12.8. The van der Waals surface area contributed by atoms with Gasteiger partial charge < -0.3 is 9.90 Å². The standard InChI is InChI=1S/C12H22O.C2H6.CH4O.CH4/c1-9-5-6-10(2)12(3,4)11(9)7-8-13;2*1-2;/h8-11H,5-7H2,1-4H3;1-2H3;2H,1H3;1H4. The summed E-state index contributed by atoms with van der Waals surface area (Å²) in [6, 6.07) is 0. The summed E-state index contributed by atoms with van der Waals surface area (Å²) in [5.74, 6) is 2.07. The summed E-state index contributed by atoms with van der Waals surface area (Å²) in [7, 11) is 1.00. The molecule has 0 spiro atoms. The van der Waals surface area contributed by atoms with Crippen molar-refractivity contribution in [3.05, 3.63) is 0 Å². The lowest BCUT2D eigenvalue weighted by Crippen LogP contribution is -2.39. The van der Waals surface area contributed by atoms with Gasteiger partial charge in [-0.1, -0.05) is 55.4 Å². The van der Waals surface area contributed by atoms with Gasteiger partial charge in [0.2, 0.25) is 0 Å². The molecule has 0 saturated heterocycles. The van der Waals surface area contributed by atoms with E-state index in [4.69, 9.17) is 5.11 Å². The number of aliphatic hydroxyl groups excluding tert-OH is 1. The van der Waals surface area contributed by atoms with Crippen LogP contribution < -0.4 is 0 Å². The smallest absolute Gasteiger partial charge is 0.120 e. The molecule has 1 aliphatic carbocycles. The van der Waals surface area contributed by atoms with E-state index >= 15 is 0 Å². The van der Waals surface area contributed by atoms with Crippen LogP contribution in [0.3, 0.4) is 0 Å². The molecule has 0 aliphatic heterocycles. The zero-order valence-corrected chi connectivity index (χ0v) is 12.8. The summed E-state index contributed by atoms with van der Waals surface area (Å²) < 4.78 is 0. The SMILES string of the molecule is C.CC.CC1CCC(C)C(C)(C)C1CC=O.CO. The Labute approximate surface area is 115 Å². The van der Waals surface area contributed by atoms with Gasteiger partial charge in [0.15, 0.2) is 0 Å². The third-order valence-corrected chi connectivity index (χ3v) is 4.32. The molecule has 0 aromatic heterocycles. The van der Waals surface area contributed by atoms with E-state index in [1.807, 2.05) is 13.8 Å². The van der Waals surface area contributed by atoms with E-state index in [1.165, 1.54) is 12.8 Å². The van der Waals surface area contributed by atoms with E-state index in [1.54, 1.807) is 0 Å². The molecule has 2 nitrogen and oxygen atoms in total. The normalized spacial score (nSPS) is 28.6. The van der Waals surface area contributed by atoms with Crippen LogP contribution in [-0.2, 0) is 4.79 Å². The lowest BCUT2D eigenvalue weighted by molar-refractivity contribution is -0.111. The fourth-order valence-corrected chi connectivity index (χ4v) is 2.82. The molecule has 1 N–H and O–H groups in total. The highest BCUT2D eigenvalue weighted by molar-refractivity contribution is 5.50. The maximum atomic E-state index is 10.6. The minimum Gasteiger partial charge on any atom is -0.400 e. The Hall–Kier alpha value is -0.370. The molecular weight excluding hydrogens is 224 g/mol. The van der Waals surface area contributed by atoms with Crippen LogP contribution in [0.1, 0.15) is 68.2 Å². The van der Waals surface area contributed by atoms with Crippen molar-refractivity contribution in [2.24, 2.45) is 23.2 Å². The lowest BCUT2D eigenvalue weighted by atomic mass is 9.58. The summed E-state index contributed by atoms with van der Waals surface area (Å²) in [6.45, 7) is 13.3. The lowest BCUT2D eigenvalue weighted by Gasteiger charge is -2.47. The molecule has 0 heterocycles. The van der Waals surface area contributed by atoms with Gasteiger partial charge in [0.1, 0.15) is 6.29 Å². The highest BCUT2D eigenvalue weighted by Gasteiger charge is 2.40. The van der Waals surface area contributed by atoms with Crippen molar-refractivity contribution in [1.29, 1.82) is 0 Å². The van der Waals surface area contributed by atoms with E-state index in [0.29, 0.717) is 11.3 Å². The summed E-state index contributed by atoms with van der Waals surface area (Å²) in [5, 5.41) is 7.00. The highest BCUT2D eigenvalue weighted by Crippen LogP contribution is 2.48. The van der Waals surface area contributed by atoms with Crippen molar-refractivity contribution >= 4 is 6.29 Å². The van der Waals surface area contributed by atoms with Crippen LogP contribution in [0.4, 0.5) is 0 Å². The molecule has 3 atom stereocenters. The molecule has 1 rings (SSSR count). The molecular formula is C16H36O2. The first-order chi connectivity index (χ1) is 8.00. The quantitative estimate of drug-likeness (QED) is 0.739. The zero-order chi connectivity index (χ0) is 14.1. The van der Waals surface area contributed by atoms with Gasteiger partial charge in [0.05, 0.1) is 0 Å². The molecule has 0 amide bonds. The molecule has 0 radical (unpaired) electrons. The number of rotatable bonds is 2. The highest BCUT2D eigenvalue weighted by atomic mass is 16.2. The number of hydrogen-bond acceptors (Lipinski definition) is 2. The summed E-state index contributed by atoms with van der Waals surface area (Å²) in [4.78, 5) is 10.6. The number of carbonyl (C=O) groups is 1. The Kier molecular flexibility index (Phi) is 14.8. The summed E-state index contributed by atoms with van der Waals surface area (Å²) in [6.07, 6.45) is 4.46. The van der Waals surface area contributed by atoms with Gasteiger partial charge >= 0.3 is 0 Å². The monoisotopic (exact) mass is 260 g/mol. The third-order valence-electron chi connectivity index (χ3n) is 4.32. The molecule has 0 aromatic rings. The fourth-order valence-electron chi connectivity index (χ4n) is 2.82. The molecule has 3 unspecified atom stereocenters. The second-order valence-corrected chi connectivity index (χ2v) is 5.29. The molecule has 0 bridgehead atoms. The van der Waals surface area contributed by atoms with Crippen LogP contribution in [0, 0.1) is 23.2 Å². The average Bonchev–Trinajstić information content (AvgIpc) is 2.35. The second kappa shape index (κ2) is 11.7. The maximum absolute atomic E-state index is 10.6. The van der Waals surface area contributed by atoms with E-state index in [9.17, 15) is 4.79 Å². The van der Waals surface area contributed by atoms with Crippen molar-refractivity contribution in [1.82, 2.24) is 0 Å². The van der Waals surface area contributed by atoms with Gasteiger partial charge in [-0.25, -0.2) is 0 Å². The molecule has 2 heteroatoms. The topological polar surface area (TPSA) is 37.3 Å². The fraction of sp³-hybridized carbons (Fsp3) is 0.938. The minimum absolute atomic E-state index is 0. The van der Waals surface area contributed by atoms with Crippen LogP contribution in [0.15, 0.2) is 0 Å². The minimum atomic E-state index is 0. The van der Waals surface area contributed by atoms with Gasteiger partial charge in [-0.15, -0.1) is 0 Å². The van der Waals surface area contributed by atoms with Gasteiger partial charge in [0.25, 0.3) is 0 Å². The number of aldehydes is 1. The Bertz CT molecular complexity index is 188. The van der Waals surface area contributed by atoms with Gasteiger partial charge in [-0.05, 0) is 29.6 Å². The largest absolute Gasteiger partial charge is 0.400 e. The van der Waals surface area contributed by atoms with E-state index in [2.05, 4.69) is 27.7 Å². The predicted octanol–water partition coefficient (Wildman–Crippen LogP) is 4.55. The van der Waals surface area contributed by atoms with Gasteiger partial charge in [-0.2, -0.15) is 0 Å². The van der Waals surface area contributed by atoms with Crippen molar-refractivity contribution in [3.8, 4) is 0 Å². The van der Waals surface area contributed by atoms with Crippen LogP contribution in [0.25, 0.3) is 0 Å². The Morgan fingerprint density at radius 3 is 2.00 bits per heavy atom. The van der Waals surface area contributed by atoms with Gasteiger partial charge in [-0.3, -0.25) is 0 Å². The first kappa shape index (κ1) is 22.8. The maximum Gasteiger partial charge on any atom is 0.120 e. The Morgan fingerprint density at radius 2 is 1.61 bits per heavy atom. The van der Waals surface area contributed by atoms with Crippen LogP contribution >= 0.6 is 0 Å². The Morgan fingerprint density at radius 1 is 1.17 bits per heavy atom. The molecule has 1 saturated carbocycles. The van der Waals surface area contributed by atoms with Crippen molar-refractivity contribution < 1.29 is 9.90 Å². The van der Waals surface area contributed by atoms with E-state index < -0.39 is 0 Å². The number of aliphatic hydroxyl groups is 1. The molecule has 1 aliphatic rings. The van der Waals surface area contributed by atoms with Crippen molar-refractivity contribution in [2.75, 3.05) is 7.11 Å². The molecule has 112 valence electrons. The van der Waals surface area contributed by atoms with Gasteiger partial charge in [0, 0.05) is 13.5 Å².